The fourth-order valence-electron chi connectivity index (χ4n) is 4.80. The molecule has 0 bridgehead atoms. The summed E-state index contributed by atoms with van der Waals surface area (Å²) < 4.78 is 27.6. The number of piperidine rings is 1. The Hall–Kier alpha value is -2.96. The van der Waals surface area contributed by atoms with Gasteiger partial charge in [-0.05, 0) is 54.9 Å². The van der Waals surface area contributed by atoms with Gasteiger partial charge in [-0.3, -0.25) is 4.79 Å². The molecule has 35 heavy (non-hydrogen) atoms. The highest BCUT2D eigenvalue weighted by atomic mass is 32.2. The Morgan fingerprint density at radius 3 is 2.34 bits per heavy atom. The van der Waals surface area contributed by atoms with Crippen LogP contribution in [0.1, 0.15) is 47.6 Å². The lowest BCUT2D eigenvalue weighted by Crippen LogP contribution is -2.46. The Morgan fingerprint density at radius 1 is 0.971 bits per heavy atom. The Morgan fingerprint density at radius 2 is 1.63 bits per heavy atom. The number of carbonyl (C=O) groups excluding carboxylic acids is 1. The van der Waals surface area contributed by atoms with Gasteiger partial charge in [0.15, 0.2) is 0 Å². The summed E-state index contributed by atoms with van der Waals surface area (Å²) in [6.07, 6.45) is 2.68. The third-order valence-electron chi connectivity index (χ3n) is 6.78. The quantitative estimate of drug-likeness (QED) is 0.465. The summed E-state index contributed by atoms with van der Waals surface area (Å²) in [6.45, 7) is 2.77. The van der Waals surface area contributed by atoms with Gasteiger partial charge in [0, 0.05) is 13.1 Å². The molecule has 0 aromatic heterocycles. The first-order valence-corrected chi connectivity index (χ1v) is 14.0. The van der Waals surface area contributed by atoms with Gasteiger partial charge in [0.2, 0.25) is 15.9 Å². The molecular weight excluding hydrogens is 456 g/mol. The van der Waals surface area contributed by atoms with E-state index in [-0.39, 0.29) is 30.2 Å². The Bertz CT molecular complexity index is 1210. The molecule has 2 atom stereocenters. The average molecular weight is 491 g/mol. The highest BCUT2D eigenvalue weighted by Gasteiger charge is 2.33. The van der Waals surface area contributed by atoms with Crippen molar-refractivity contribution in [2.24, 2.45) is 5.92 Å². The Labute approximate surface area is 209 Å². The molecule has 1 saturated heterocycles. The minimum absolute atomic E-state index is 0.0914. The van der Waals surface area contributed by atoms with Crippen LogP contribution in [0.3, 0.4) is 0 Å². The molecule has 1 aliphatic rings. The third kappa shape index (κ3) is 6.59. The predicted molar refractivity (Wildman–Crippen MR) is 140 cm³/mol. The van der Waals surface area contributed by atoms with Gasteiger partial charge in [-0.25, -0.2) is 12.7 Å². The molecule has 0 spiro atoms. The molecule has 5 nitrogen and oxygen atoms in total. The smallest absolute Gasteiger partial charge is 0.225 e. The number of amides is 1. The van der Waals surface area contributed by atoms with Crippen LogP contribution >= 0.6 is 0 Å². The van der Waals surface area contributed by atoms with Crippen molar-refractivity contribution in [3.8, 4) is 0 Å². The molecule has 0 aliphatic carbocycles. The third-order valence-corrected chi connectivity index (χ3v) is 8.70. The zero-order valence-electron chi connectivity index (χ0n) is 20.3. The van der Waals surface area contributed by atoms with Gasteiger partial charge in [0.05, 0.1) is 17.7 Å². The number of aryl methyl sites for hydroxylation is 2. The minimum atomic E-state index is -3.41. The number of nitrogens with one attached hydrogen (secondary N) is 1. The van der Waals surface area contributed by atoms with Crippen molar-refractivity contribution in [3.63, 3.8) is 0 Å². The summed E-state index contributed by atoms with van der Waals surface area (Å²) in [7, 11) is -3.41. The van der Waals surface area contributed by atoms with Gasteiger partial charge in [-0.1, -0.05) is 84.9 Å². The highest BCUT2D eigenvalue weighted by molar-refractivity contribution is 7.89. The lowest BCUT2D eigenvalue weighted by Gasteiger charge is -2.32. The van der Waals surface area contributed by atoms with Crippen molar-refractivity contribution in [3.05, 3.63) is 107 Å². The lowest BCUT2D eigenvalue weighted by molar-refractivity contribution is -0.126. The molecule has 4 rings (SSSR count). The number of carbonyl (C=O) groups is 1. The first-order chi connectivity index (χ1) is 16.9. The normalized spacial score (nSPS) is 17.6. The summed E-state index contributed by atoms with van der Waals surface area (Å²) in [5, 5.41) is 3.24. The maximum Gasteiger partial charge on any atom is 0.225 e. The number of benzene rings is 3. The molecule has 3 aromatic rings. The highest BCUT2D eigenvalue weighted by Crippen LogP contribution is 2.27. The molecule has 0 radical (unpaired) electrons. The topological polar surface area (TPSA) is 66.5 Å². The number of hydrogen-bond acceptors (Lipinski definition) is 3. The van der Waals surface area contributed by atoms with Gasteiger partial charge in [0.1, 0.15) is 0 Å². The number of rotatable bonds is 9. The van der Waals surface area contributed by atoms with E-state index in [0.717, 1.165) is 28.7 Å². The number of nitrogens with zero attached hydrogens (tertiary/aromatic N) is 1. The molecule has 6 heteroatoms. The monoisotopic (exact) mass is 490 g/mol. The average Bonchev–Trinajstić information content (AvgIpc) is 2.89. The lowest BCUT2D eigenvalue weighted by atomic mass is 9.93. The molecule has 0 unspecified atom stereocenters. The van der Waals surface area contributed by atoms with Crippen LogP contribution in [0.5, 0.6) is 0 Å². The van der Waals surface area contributed by atoms with E-state index in [1.54, 1.807) is 0 Å². The van der Waals surface area contributed by atoms with E-state index in [9.17, 15) is 13.2 Å². The van der Waals surface area contributed by atoms with Crippen molar-refractivity contribution in [2.45, 2.75) is 38.6 Å². The minimum Gasteiger partial charge on any atom is -0.345 e. The van der Waals surface area contributed by atoms with Gasteiger partial charge in [0.25, 0.3) is 0 Å². The van der Waals surface area contributed by atoms with Gasteiger partial charge < -0.3 is 5.32 Å². The Balaban J connectivity index is 1.42. The molecule has 0 saturated carbocycles. The fourth-order valence-corrected chi connectivity index (χ4v) is 6.38. The van der Waals surface area contributed by atoms with E-state index in [1.807, 2.05) is 91.9 Å². The zero-order chi connectivity index (χ0) is 24.7. The van der Waals surface area contributed by atoms with E-state index in [4.69, 9.17) is 0 Å². The predicted octanol–water partition coefficient (Wildman–Crippen LogP) is 4.88. The van der Waals surface area contributed by atoms with Crippen molar-refractivity contribution in [1.82, 2.24) is 9.62 Å². The zero-order valence-corrected chi connectivity index (χ0v) is 21.1. The van der Waals surface area contributed by atoms with Gasteiger partial charge in [-0.2, -0.15) is 0 Å². The second-order valence-corrected chi connectivity index (χ2v) is 11.4. The SMILES string of the molecule is Cc1ccccc1[C@@H](NC(=O)[C@@H]1CCCN(S(=O)(=O)CCCc2ccccc2)C1)c1ccccc1. The van der Waals surface area contributed by atoms with Crippen LogP contribution in [0.25, 0.3) is 0 Å². The van der Waals surface area contributed by atoms with E-state index in [0.29, 0.717) is 25.8 Å². The van der Waals surface area contributed by atoms with Crippen LogP contribution in [-0.2, 0) is 21.2 Å². The van der Waals surface area contributed by atoms with Crippen LogP contribution in [0.15, 0.2) is 84.9 Å². The van der Waals surface area contributed by atoms with Crippen LogP contribution in [-0.4, -0.2) is 37.5 Å². The Kier molecular flexibility index (Phi) is 8.37. The van der Waals surface area contributed by atoms with Crippen molar-refractivity contribution in [2.75, 3.05) is 18.8 Å². The molecule has 3 aromatic carbocycles. The van der Waals surface area contributed by atoms with E-state index in [2.05, 4.69) is 5.32 Å². The van der Waals surface area contributed by atoms with Crippen molar-refractivity contribution in [1.29, 1.82) is 0 Å². The summed E-state index contributed by atoms with van der Waals surface area (Å²) in [4.78, 5) is 13.4. The standard InChI is InChI=1S/C29H34N2O3S/c1-23-12-8-9-19-27(23)28(25-16-6-3-7-17-25)30-29(32)26-18-10-20-31(22-26)35(33,34)21-11-15-24-13-4-2-5-14-24/h2-9,12-14,16-17,19,26,28H,10-11,15,18,20-22H2,1H3,(H,30,32)/t26-,28+/m1/s1. The molecule has 184 valence electrons. The van der Waals surface area contributed by atoms with E-state index < -0.39 is 10.0 Å². The molecule has 1 heterocycles. The summed E-state index contributed by atoms with van der Waals surface area (Å²) in [5.41, 5.74) is 4.30. The van der Waals surface area contributed by atoms with Crippen LogP contribution < -0.4 is 5.32 Å². The van der Waals surface area contributed by atoms with Crippen molar-refractivity contribution < 1.29 is 13.2 Å². The second kappa shape index (κ2) is 11.6. The van der Waals surface area contributed by atoms with E-state index in [1.165, 1.54) is 4.31 Å². The molecule has 1 N–H and O–H groups in total. The number of sulfonamides is 1. The van der Waals surface area contributed by atoms with Gasteiger partial charge in [-0.15, -0.1) is 0 Å². The van der Waals surface area contributed by atoms with Crippen LogP contribution in [0.2, 0.25) is 0 Å². The molecule has 1 fully saturated rings. The van der Waals surface area contributed by atoms with Crippen LogP contribution in [0, 0.1) is 12.8 Å². The summed E-state index contributed by atoms with van der Waals surface area (Å²) in [5.74, 6) is -0.347. The van der Waals surface area contributed by atoms with Gasteiger partial charge >= 0.3 is 0 Å². The first-order valence-electron chi connectivity index (χ1n) is 12.4. The summed E-state index contributed by atoms with van der Waals surface area (Å²) in [6, 6.07) is 27.6. The molecule has 1 amide bonds. The second-order valence-electron chi connectivity index (χ2n) is 9.31. The first kappa shape index (κ1) is 25.1. The molecular formula is C29H34N2O3S. The number of hydrogen-bond donors (Lipinski definition) is 1. The molecule has 1 aliphatic heterocycles. The summed E-state index contributed by atoms with van der Waals surface area (Å²) >= 11 is 0. The maximum absolute atomic E-state index is 13.4. The maximum atomic E-state index is 13.4. The van der Waals surface area contributed by atoms with Crippen molar-refractivity contribution >= 4 is 15.9 Å². The largest absolute Gasteiger partial charge is 0.345 e. The van der Waals surface area contributed by atoms with Crippen LogP contribution in [0.4, 0.5) is 0 Å². The van der Waals surface area contributed by atoms with E-state index >= 15 is 0 Å². The fraction of sp³-hybridized carbons (Fsp3) is 0.345.